The highest BCUT2D eigenvalue weighted by Crippen LogP contribution is 2.10. The van der Waals surface area contributed by atoms with Gasteiger partial charge in [0.05, 0.1) is 5.69 Å². The largest absolute Gasteiger partial charge is 0.305 e. The van der Waals surface area contributed by atoms with Crippen LogP contribution in [0.15, 0.2) is 22.8 Å². The number of pyridine rings is 1. The van der Waals surface area contributed by atoms with E-state index in [0.717, 1.165) is 29.8 Å². The van der Waals surface area contributed by atoms with Crippen molar-refractivity contribution < 1.29 is 0 Å². The first-order chi connectivity index (χ1) is 7.74. The normalized spacial score (nSPS) is 19.6. The lowest BCUT2D eigenvalue weighted by Gasteiger charge is -2.19. The van der Waals surface area contributed by atoms with Gasteiger partial charge in [-0.05, 0) is 54.6 Å². The molecule has 88 valence electrons. The molecule has 0 radical (unpaired) electrons. The molecule has 1 aromatic rings. The Morgan fingerprint density at radius 1 is 1.25 bits per heavy atom. The molecule has 2 rings (SSSR count). The number of aromatic nitrogens is 1. The maximum Gasteiger partial charge on any atom is 0.0544 e. The zero-order valence-electron chi connectivity index (χ0n) is 9.69. The van der Waals surface area contributed by atoms with Crippen molar-refractivity contribution in [3.05, 3.63) is 28.5 Å². The molecular formula is C12H18BrN3. The fourth-order valence-electron chi connectivity index (χ4n) is 1.99. The summed E-state index contributed by atoms with van der Waals surface area (Å²) in [7, 11) is 2.20. The molecule has 1 aliphatic heterocycles. The molecule has 0 aliphatic carbocycles. The van der Waals surface area contributed by atoms with Crippen molar-refractivity contribution >= 4 is 15.9 Å². The third kappa shape index (κ3) is 3.54. The summed E-state index contributed by atoms with van der Waals surface area (Å²) >= 11 is 3.41. The maximum atomic E-state index is 4.42. The average Bonchev–Trinajstić information content (AvgIpc) is 2.47. The van der Waals surface area contributed by atoms with Crippen LogP contribution in [0.3, 0.4) is 0 Å². The highest BCUT2D eigenvalue weighted by atomic mass is 79.9. The van der Waals surface area contributed by atoms with Gasteiger partial charge in [0.1, 0.15) is 0 Å². The van der Waals surface area contributed by atoms with Crippen molar-refractivity contribution in [2.75, 3.05) is 33.2 Å². The van der Waals surface area contributed by atoms with Gasteiger partial charge in [-0.3, -0.25) is 9.88 Å². The molecule has 3 nitrogen and oxygen atoms in total. The molecule has 1 saturated heterocycles. The fraction of sp³-hybridized carbons (Fsp3) is 0.583. The highest BCUT2D eigenvalue weighted by Gasteiger charge is 2.12. The van der Waals surface area contributed by atoms with Gasteiger partial charge in [0.2, 0.25) is 0 Å². The number of likely N-dealkylation sites (N-methyl/N-ethyl adjacent to an activating group) is 1. The van der Waals surface area contributed by atoms with E-state index in [1.807, 2.05) is 6.20 Å². The van der Waals surface area contributed by atoms with Crippen molar-refractivity contribution in [2.24, 2.45) is 0 Å². The van der Waals surface area contributed by atoms with Crippen LogP contribution in [0.2, 0.25) is 0 Å². The van der Waals surface area contributed by atoms with Gasteiger partial charge >= 0.3 is 0 Å². The average molecular weight is 284 g/mol. The summed E-state index contributed by atoms with van der Waals surface area (Å²) in [6, 6.07) is 4.16. The van der Waals surface area contributed by atoms with Crippen molar-refractivity contribution in [2.45, 2.75) is 13.0 Å². The Bertz CT molecular complexity index is 326. The summed E-state index contributed by atoms with van der Waals surface area (Å²) in [4.78, 5) is 9.30. The van der Waals surface area contributed by atoms with Crippen LogP contribution in [0.4, 0.5) is 0 Å². The monoisotopic (exact) mass is 283 g/mol. The zero-order chi connectivity index (χ0) is 11.4. The van der Waals surface area contributed by atoms with Crippen LogP contribution in [0.25, 0.3) is 0 Å². The van der Waals surface area contributed by atoms with Crippen molar-refractivity contribution in [1.82, 2.24) is 14.8 Å². The van der Waals surface area contributed by atoms with E-state index in [9.17, 15) is 0 Å². The molecule has 2 heterocycles. The van der Waals surface area contributed by atoms with Crippen LogP contribution in [0.1, 0.15) is 12.1 Å². The lowest BCUT2D eigenvalue weighted by molar-refractivity contribution is 0.266. The Kier molecular flexibility index (Phi) is 4.32. The van der Waals surface area contributed by atoms with E-state index in [1.54, 1.807) is 0 Å². The number of hydrogen-bond donors (Lipinski definition) is 0. The van der Waals surface area contributed by atoms with E-state index in [-0.39, 0.29) is 0 Å². The molecule has 1 fully saturated rings. The molecule has 0 N–H and O–H groups in total. The molecule has 0 saturated carbocycles. The van der Waals surface area contributed by atoms with Crippen molar-refractivity contribution in [3.63, 3.8) is 0 Å². The van der Waals surface area contributed by atoms with Crippen LogP contribution in [-0.4, -0.2) is 48.0 Å². The molecule has 0 bridgehead atoms. The number of rotatable bonds is 2. The van der Waals surface area contributed by atoms with Gasteiger partial charge in [0.25, 0.3) is 0 Å². The van der Waals surface area contributed by atoms with E-state index >= 15 is 0 Å². The van der Waals surface area contributed by atoms with Crippen molar-refractivity contribution in [1.29, 1.82) is 0 Å². The predicted molar refractivity (Wildman–Crippen MR) is 69.3 cm³/mol. The number of nitrogens with zero attached hydrogens (tertiary/aromatic N) is 3. The van der Waals surface area contributed by atoms with Gasteiger partial charge in [-0.25, -0.2) is 0 Å². The summed E-state index contributed by atoms with van der Waals surface area (Å²) in [5.41, 5.74) is 1.16. The van der Waals surface area contributed by atoms with Gasteiger partial charge in [-0.1, -0.05) is 0 Å². The minimum Gasteiger partial charge on any atom is -0.305 e. The number of halogens is 1. The summed E-state index contributed by atoms with van der Waals surface area (Å²) in [5.74, 6) is 0. The third-order valence-electron chi connectivity index (χ3n) is 2.99. The Hall–Kier alpha value is -0.450. The molecule has 0 amide bonds. The molecule has 0 spiro atoms. The molecule has 1 aromatic heterocycles. The third-order valence-corrected chi connectivity index (χ3v) is 3.46. The van der Waals surface area contributed by atoms with E-state index in [2.05, 4.69) is 49.9 Å². The summed E-state index contributed by atoms with van der Waals surface area (Å²) in [5, 5.41) is 0. The Morgan fingerprint density at radius 3 is 2.88 bits per heavy atom. The molecule has 0 aromatic carbocycles. The first-order valence-corrected chi connectivity index (χ1v) is 6.55. The Labute approximate surface area is 106 Å². The van der Waals surface area contributed by atoms with Crippen LogP contribution in [0.5, 0.6) is 0 Å². The maximum absolute atomic E-state index is 4.42. The Morgan fingerprint density at radius 2 is 2.12 bits per heavy atom. The fourth-order valence-corrected chi connectivity index (χ4v) is 2.22. The summed E-state index contributed by atoms with van der Waals surface area (Å²) < 4.78 is 1.05. The molecule has 1 aliphatic rings. The van der Waals surface area contributed by atoms with E-state index in [1.165, 1.54) is 19.5 Å². The van der Waals surface area contributed by atoms with E-state index < -0.39 is 0 Å². The highest BCUT2D eigenvalue weighted by molar-refractivity contribution is 9.10. The van der Waals surface area contributed by atoms with Gasteiger partial charge in [-0.2, -0.15) is 0 Å². The second-order valence-electron chi connectivity index (χ2n) is 4.40. The molecule has 0 atom stereocenters. The standard InChI is InChI=1S/C12H18BrN3/c1-15-5-2-6-16(8-7-15)10-12-4-3-11(13)9-14-12/h3-4,9H,2,5-8,10H2,1H3. The lowest BCUT2D eigenvalue weighted by atomic mass is 10.3. The summed E-state index contributed by atoms with van der Waals surface area (Å²) in [6.45, 7) is 5.68. The number of hydrogen-bond acceptors (Lipinski definition) is 3. The first-order valence-electron chi connectivity index (χ1n) is 5.75. The van der Waals surface area contributed by atoms with Crippen molar-refractivity contribution in [3.8, 4) is 0 Å². The molecule has 0 unspecified atom stereocenters. The smallest absolute Gasteiger partial charge is 0.0544 e. The van der Waals surface area contributed by atoms with Crippen LogP contribution in [0, 0.1) is 0 Å². The van der Waals surface area contributed by atoms with Crippen LogP contribution < -0.4 is 0 Å². The van der Waals surface area contributed by atoms with Gasteiger partial charge < -0.3 is 4.90 Å². The minimum atomic E-state index is 0.973. The SMILES string of the molecule is CN1CCCN(Cc2ccc(Br)cn2)CC1. The van der Waals surface area contributed by atoms with Crippen LogP contribution in [-0.2, 0) is 6.54 Å². The quantitative estimate of drug-likeness (QED) is 0.828. The Balaban J connectivity index is 1.91. The topological polar surface area (TPSA) is 19.4 Å². The van der Waals surface area contributed by atoms with Gasteiger partial charge in [0, 0.05) is 30.3 Å². The second kappa shape index (κ2) is 5.75. The molecular weight excluding hydrogens is 266 g/mol. The van der Waals surface area contributed by atoms with E-state index in [4.69, 9.17) is 0 Å². The predicted octanol–water partition coefficient (Wildman–Crippen LogP) is 1.98. The van der Waals surface area contributed by atoms with Gasteiger partial charge in [-0.15, -0.1) is 0 Å². The van der Waals surface area contributed by atoms with E-state index in [0.29, 0.717) is 0 Å². The van der Waals surface area contributed by atoms with Gasteiger partial charge in [0.15, 0.2) is 0 Å². The summed E-state index contributed by atoms with van der Waals surface area (Å²) in [6.07, 6.45) is 3.13. The molecule has 4 heteroatoms. The first kappa shape index (κ1) is 12.0. The second-order valence-corrected chi connectivity index (χ2v) is 5.32. The van der Waals surface area contributed by atoms with Crippen LogP contribution >= 0.6 is 15.9 Å². The lowest BCUT2D eigenvalue weighted by Crippen LogP contribution is -2.28. The zero-order valence-corrected chi connectivity index (χ0v) is 11.3. The molecule has 16 heavy (non-hydrogen) atoms. The minimum absolute atomic E-state index is 0.973.